The second kappa shape index (κ2) is 10.7. The van der Waals surface area contributed by atoms with Crippen molar-refractivity contribution >= 4 is 11.8 Å². The average Bonchev–Trinajstić information content (AvgIpc) is 2.66. The molecule has 2 rings (SSSR count). The molecule has 0 aliphatic rings. The van der Waals surface area contributed by atoms with Gasteiger partial charge >= 0.3 is 0 Å². The first-order chi connectivity index (χ1) is 13.8. The highest BCUT2D eigenvalue weighted by molar-refractivity contribution is 5.88. The van der Waals surface area contributed by atoms with E-state index in [0.29, 0.717) is 13.0 Å². The number of amides is 2. The summed E-state index contributed by atoms with van der Waals surface area (Å²) in [5, 5.41) is 2.90. The van der Waals surface area contributed by atoms with Crippen molar-refractivity contribution in [3.05, 3.63) is 70.5 Å². The third-order valence-corrected chi connectivity index (χ3v) is 4.84. The van der Waals surface area contributed by atoms with Gasteiger partial charge in [0, 0.05) is 13.1 Å². The fraction of sp³-hybridized carbons (Fsp3) is 0.417. The molecule has 1 atom stereocenters. The molecule has 0 unspecified atom stereocenters. The lowest BCUT2D eigenvalue weighted by molar-refractivity contribution is -0.140. The van der Waals surface area contributed by atoms with Gasteiger partial charge in [-0.05, 0) is 49.9 Å². The molecule has 0 saturated carbocycles. The summed E-state index contributed by atoms with van der Waals surface area (Å²) in [5.74, 6) is -0.586. The van der Waals surface area contributed by atoms with E-state index in [1.165, 1.54) is 12.1 Å². The molecule has 156 valence electrons. The van der Waals surface area contributed by atoms with Gasteiger partial charge in [0.2, 0.25) is 11.8 Å². The SMILES string of the molecule is CCCNC(=O)[C@H](CC)N(Cc1ccc(F)cc1)C(=O)Cc1cc(C)cc(C)c1. The zero-order valence-corrected chi connectivity index (χ0v) is 17.8. The van der Waals surface area contributed by atoms with Crippen molar-refractivity contribution in [2.75, 3.05) is 6.54 Å². The van der Waals surface area contributed by atoms with E-state index in [0.717, 1.165) is 28.7 Å². The van der Waals surface area contributed by atoms with E-state index in [1.54, 1.807) is 17.0 Å². The van der Waals surface area contributed by atoms with E-state index >= 15 is 0 Å². The Balaban J connectivity index is 2.29. The number of nitrogens with one attached hydrogen (secondary N) is 1. The van der Waals surface area contributed by atoms with Crippen molar-refractivity contribution < 1.29 is 14.0 Å². The maximum atomic E-state index is 13.3. The fourth-order valence-electron chi connectivity index (χ4n) is 3.52. The number of nitrogens with zero attached hydrogens (tertiary/aromatic N) is 1. The van der Waals surface area contributed by atoms with Gasteiger partial charge < -0.3 is 10.2 Å². The lowest BCUT2D eigenvalue weighted by atomic mass is 10.0. The van der Waals surface area contributed by atoms with Crippen LogP contribution in [-0.2, 0) is 22.6 Å². The molecule has 2 aromatic carbocycles. The first-order valence-corrected chi connectivity index (χ1v) is 10.2. The number of hydrogen-bond acceptors (Lipinski definition) is 2. The second-order valence-corrected chi connectivity index (χ2v) is 7.54. The van der Waals surface area contributed by atoms with Gasteiger partial charge in [-0.1, -0.05) is 55.3 Å². The summed E-state index contributed by atoms with van der Waals surface area (Å²) in [6, 6.07) is 11.6. The molecule has 4 nitrogen and oxygen atoms in total. The van der Waals surface area contributed by atoms with E-state index in [9.17, 15) is 14.0 Å². The molecule has 2 amide bonds. The number of halogens is 1. The van der Waals surface area contributed by atoms with Crippen LogP contribution in [0.25, 0.3) is 0 Å². The van der Waals surface area contributed by atoms with Gasteiger partial charge in [-0.25, -0.2) is 4.39 Å². The Morgan fingerprint density at radius 2 is 1.62 bits per heavy atom. The van der Waals surface area contributed by atoms with E-state index < -0.39 is 6.04 Å². The zero-order valence-electron chi connectivity index (χ0n) is 17.8. The van der Waals surface area contributed by atoms with Crippen LogP contribution < -0.4 is 5.32 Å². The second-order valence-electron chi connectivity index (χ2n) is 7.54. The van der Waals surface area contributed by atoms with Crippen LogP contribution in [0, 0.1) is 19.7 Å². The Labute approximate surface area is 173 Å². The normalized spacial score (nSPS) is 11.8. The molecule has 0 bridgehead atoms. The van der Waals surface area contributed by atoms with Crippen LogP contribution in [0.1, 0.15) is 48.9 Å². The Hall–Kier alpha value is -2.69. The zero-order chi connectivity index (χ0) is 21.4. The summed E-state index contributed by atoms with van der Waals surface area (Å²) in [6.45, 7) is 8.74. The minimum Gasteiger partial charge on any atom is -0.354 e. The number of aryl methyl sites for hydroxylation is 2. The molecule has 0 radical (unpaired) electrons. The van der Waals surface area contributed by atoms with Gasteiger partial charge in [-0.15, -0.1) is 0 Å². The van der Waals surface area contributed by atoms with Crippen LogP contribution in [0.15, 0.2) is 42.5 Å². The molecule has 1 N–H and O–H groups in total. The van der Waals surface area contributed by atoms with Gasteiger partial charge in [-0.3, -0.25) is 9.59 Å². The lowest BCUT2D eigenvalue weighted by Crippen LogP contribution is -2.49. The third-order valence-electron chi connectivity index (χ3n) is 4.84. The predicted octanol–water partition coefficient (Wildman–Crippen LogP) is 4.32. The van der Waals surface area contributed by atoms with Crippen LogP contribution in [0.5, 0.6) is 0 Å². The van der Waals surface area contributed by atoms with Crippen LogP contribution in [0.3, 0.4) is 0 Å². The van der Waals surface area contributed by atoms with Crippen molar-refractivity contribution in [1.29, 1.82) is 0 Å². The van der Waals surface area contributed by atoms with Gasteiger partial charge in [0.1, 0.15) is 11.9 Å². The molecule has 0 spiro atoms. The van der Waals surface area contributed by atoms with Crippen molar-refractivity contribution in [1.82, 2.24) is 10.2 Å². The summed E-state index contributed by atoms with van der Waals surface area (Å²) in [7, 11) is 0. The molecule has 0 aliphatic carbocycles. The van der Waals surface area contributed by atoms with Gasteiger partial charge in [0.15, 0.2) is 0 Å². The van der Waals surface area contributed by atoms with E-state index in [4.69, 9.17) is 0 Å². The molecule has 5 heteroatoms. The Kier molecular flexibility index (Phi) is 8.37. The lowest BCUT2D eigenvalue weighted by Gasteiger charge is -2.31. The first kappa shape index (κ1) is 22.6. The predicted molar refractivity (Wildman–Crippen MR) is 114 cm³/mol. The summed E-state index contributed by atoms with van der Waals surface area (Å²) in [4.78, 5) is 27.6. The highest BCUT2D eigenvalue weighted by atomic mass is 19.1. The summed E-state index contributed by atoms with van der Waals surface area (Å²) >= 11 is 0. The Bertz CT molecular complexity index is 813. The van der Waals surface area contributed by atoms with Crippen molar-refractivity contribution in [2.45, 2.75) is 59.5 Å². The molecule has 0 aliphatic heterocycles. The number of benzene rings is 2. The van der Waals surface area contributed by atoms with Gasteiger partial charge in [0.05, 0.1) is 6.42 Å². The number of carbonyl (C=O) groups excluding carboxylic acids is 2. The first-order valence-electron chi connectivity index (χ1n) is 10.2. The van der Waals surface area contributed by atoms with Crippen molar-refractivity contribution in [3.8, 4) is 0 Å². The van der Waals surface area contributed by atoms with Crippen molar-refractivity contribution in [2.24, 2.45) is 0 Å². The number of rotatable bonds is 9. The highest BCUT2D eigenvalue weighted by Crippen LogP contribution is 2.17. The molecule has 0 saturated heterocycles. The largest absolute Gasteiger partial charge is 0.354 e. The topological polar surface area (TPSA) is 49.4 Å². The minimum atomic E-state index is -0.565. The quantitative estimate of drug-likeness (QED) is 0.684. The summed E-state index contributed by atoms with van der Waals surface area (Å²) < 4.78 is 13.3. The molecular formula is C24H31FN2O2. The van der Waals surface area contributed by atoms with E-state index in [2.05, 4.69) is 11.4 Å². The summed E-state index contributed by atoms with van der Waals surface area (Å²) in [5.41, 5.74) is 3.93. The molecule has 0 aromatic heterocycles. The Morgan fingerprint density at radius 3 is 2.17 bits per heavy atom. The third kappa shape index (κ3) is 6.70. The molecule has 2 aromatic rings. The van der Waals surface area contributed by atoms with Crippen LogP contribution in [0.4, 0.5) is 4.39 Å². The van der Waals surface area contributed by atoms with Crippen LogP contribution in [0.2, 0.25) is 0 Å². The standard InChI is InChI=1S/C24H31FN2O2/c1-5-11-26-24(29)22(6-2)27(16-19-7-9-21(25)10-8-19)23(28)15-20-13-17(3)12-18(4)14-20/h7-10,12-14,22H,5-6,11,15-16H2,1-4H3,(H,26,29)/t22-/m0/s1. The monoisotopic (exact) mass is 398 g/mol. The number of carbonyl (C=O) groups is 2. The van der Waals surface area contributed by atoms with E-state index in [-0.39, 0.29) is 30.6 Å². The number of hydrogen-bond donors (Lipinski definition) is 1. The summed E-state index contributed by atoms with van der Waals surface area (Å²) in [6.07, 6.45) is 1.56. The van der Waals surface area contributed by atoms with E-state index in [1.807, 2.05) is 39.8 Å². The highest BCUT2D eigenvalue weighted by Gasteiger charge is 2.28. The fourth-order valence-corrected chi connectivity index (χ4v) is 3.52. The van der Waals surface area contributed by atoms with Gasteiger partial charge in [0.25, 0.3) is 0 Å². The molecule has 0 fully saturated rings. The maximum absolute atomic E-state index is 13.3. The minimum absolute atomic E-state index is 0.113. The molecule has 0 heterocycles. The molecular weight excluding hydrogens is 367 g/mol. The Morgan fingerprint density at radius 1 is 1.00 bits per heavy atom. The van der Waals surface area contributed by atoms with Gasteiger partial charge in [-0.2, -0.15) is 0 Å². The molecule has 29 heavy (non-hydrogen) atoms. The smallest absolute Gasteiger partial charge is 0.242 e. The van der Waals surface area contributed by atoms with Crippen LogP contribution in [-0.4, -0.2) is 29.3 Å². The average molecular weight is 399 g/mol. The van der Waals surface area contributed by atoms with Crippen LogP contribution >= 0.6 is 0 Å². The van der Waals surface area contributed by atoms with Crippen molar-refractivity contribution in [3.63, 3.8) is 0 Å². The maximum Gasteiger partial charge on any atom is 0.242 e.